The van der Waals surface area contributed by atoms with Gasteiger partial charge in [0.1, 0.15) is 11.6 Å². The molecule has 27 heavy (non-hydrogen) atoms. The summed E-state index contributed by atoms with van der Waals surface area (Å²) < 4.78 is 25.1. The molecule has 0 fully saturated rings. The lowest BCUT2D eigenvalue weighted by molar-refractivity contribution is 0.420. The summed E-state index contributed by atoms with van der Waals surface area (Å²) in [4.78, 5) is 8.08. The molecule has 3 heterocycles. The van der Waals surface area contributed by atoms with Gasteiger partial charge in [0.15, 0.2) is 11.6 Å². The van der Waals surface area contributed by atoms with Crippen LogP contribution >= 0.6 is 0 Å². The Labute approximate surface area is 154 Å². The molecular formula is C20H15FN4O2. The number of aromatic nitrogens is 3. The zero-order valence-electron chi connectivity index (χ0n) is 14.2. The number of hydrogen-bond acceptors (Lipinski definition) is 6. The van der Waals surface area contributed by atoms with E-state index in [2.05, 4.69) is 15.1 Å². The molecule has 0 saturated heterocycles. The predicted molar refractivity (Wildman–Crippen MR) is 97.7 cm³/mol. The number of anilines is 1. The minimum absolute atomic E-state index is 0.0751. The molecular weight excluding hydrogens is 347 g/mol. The van der Waals surface area contributed by atoms with E-state index in [1.54, 1.807) is 54.9 Å². The van der Waals surface area contributed by atoms with E-state index in [4.69, 9.17) is 15.0 Å². The minimum atomic E-state index is -0.545. The van der Waals surface area contributed by atoms with Gasteiger partial charge < -0.3 is 15.0 Å². The number of nitrogens with zero attached hydrogens (tertiary/aromatic N) is 3. The first-order chi connectivity index (χ1) is 13.2. The van der Waals surface area contributed by atoms with Crippen molar-refractivity contribution in [1.29, 1.82) is 0 Å². The molecule has 0 unspecified atom stereocenters. The van der Waals surface area contributed by atoms with Crippen LogP contribution in [0, 0.1) is 5.82 Å². The fraction of sp³-hybridized carbons (Fsp3) is 0.0500. The van der Waals surface area contributed by atoms with Crippen molar-refractivity contribution >= 4 is 5.82 Å². The molecule has 4 rings (SSSR count). The van der Waals surface area contributed by atoms with Gasteiger partial charge in [-0.15, -0.1) is 0 Å². The fourth-order valence-corrected chi connectivity index (χ4v) is 2.59. The number of halogens is 1. The van der Waals surface area contributed by atoms with Gasteiger partial charge in [-0.3, -0.25) is 0 Å². The largest absolute Gasteiger partial charge is 0.436 e. The third-order valence-corrected chi connectivity index (χ3v) is 3.87. The highest BCUT2D eigenvalue weighted by atomic mass is 19.1. The predicted octanol–water partition coefficient (Wildman–Crippen LogP) is 4.24. The van der Waals surface area contributed by atoms with Crippen LogP contribution < -0.4 is 10.5 Å². The molecule has 0 aliphatic carbocycles. The Morgan fingerprint density at radius 1 is 1.04 bits per heavy atom. The highest BCUT2D eigenvalue weighted by Gasteiger charge is 2.13. The summed E-state index contributed by atoms with van der Waals surface area (Å²) in [5.41, 5.74) is 7.78. The molecule has 4 aromatic rings. The van der Waals surface area contributed by atoms with Crippen LogP contribution in [0.3, 0.4) is 0 Å². The maximum atomic E-state index is 14.3. The third-order valence-electron chi connectivity index (χ3n) is 3.87. The Balaban J connectivity index is 1.50. The average Bonchev–Trinajstić information content (AvgIpc) is 3.13. The number of hydrogen-bond donors (Lipinski definition) is 1. The molecule has 0 aliphatic rings. The van der Waals surface area contributed by atoms with Gasteiger partial charge in [0.2, 0.25) is 0 Å². The summed E-state index contributed by atoms with van der Waals surface area (Å²) in [6.45, 7) is 0. The molecule has 134 valence electrons. The van der Waals surface area contributed by atoms with Crippen molar-refractivity contribution in [3.8, 4) is 23.0 Å². The Morgan fingerprint density at radius 2 is 1.89 bits per heavy atom. The van der Waals surface area contributed by atoms with Crippen molar-refractivity contribution in [2.75, 3.05) is 5.73 Å². The van der Waals surface area contributed by atoms with E-state index < -0.39 is 5.82 Å². The highest BCUT2D eigenvalue weighted by Crippen LogP contribution is 2.26. The van der Waals surface area contributed by atoms with Crippen LogP contribution in [-0.2, 0) is 6.42 Å². The van der Waals surface area contributed by atoms with E-state index >= 15 is 0 Å². The van der Waals surface area contributed by atoms with Gasteiger partial charge in [-0.1, -0.05) is 23.4 Å². The summed E-state index contributed by atoms with van der Waals surface area (Å²) in [6, 6.07) is 15.6. The molecule has 0 amide bonds. The van der Waals surface area contributed by atoms with Crippen molar-refractivity contribution in [3.63, 3.8) is 0 Å². The SMILES string of the molecule is Nc1ncccc1-c1cc(Cc2cnc(Oc3ccccc3)c(F)c2)no1. The summed E-state index contributed by atoms with van der Waals surface area (Å²) in [5.74, 6) is 0.765. The second kappa shape index (κ2) is 7.25. The van der Waals surface area contributed by atoms with Gasteiger partial charge in [-0.05, 0) is 35.9 Å². The Kier molecular flexibility index (Phi) is 4.49. The van der Waals surface area contributed by atoms with Crippen molar-refractivity contribution < 1.29 is 13.7 Å². The lowest BCUT2D eigenvalue weighted by atomic mass is 10.1. The number of para-hydroxylation sites is 1. The molecule has 6 nitrogen and oxygen atoms in total. The first kappa shape index (κ1) is 16.7. The molecule has 0 radical (unpaired) electrons. The molecule has 3 aromatic heterocycles. The maximum absolute atomic E-state index is 14.3. The zero-order valence-corrected chi connectivity index (χ0v) is 14.2. The van der Waals surface area contributed by atoms with E-state index in [0.29, 0.717) is 40.6 Å². The first-order valence-corrected chi connectivity index (χ1v) is 8.23. The summed E-state index contributed by atoms with van der Waals surface area (Å²) >= 11 is 0. The maximum Gasteiger partial charge on any atom is 0.255 e. The number of nitrogen functional groups attached to an aromatic ring is 1. The van der Waals surface area contributed by atoms with Crippen molar-refractivity contribution in [2.45, 2.75) is 6.42 Å². The zero-order chi connectivity index (χ0) is 18.6. The lowest BCUT2D eigenvalue weighted by Crippen LogP contribution is -1.96. The fourth-order valence-electron chi connectivity index (χ4n) is 2.59. The van der Waals surface area contributed by atoms with Crippen LogP contribution in [-0.4, -0.2) is 15.1 Å². The van der Waals surface area contributed by atoms with Crippen LogP contribution in [0.5, 0.6) is 11.6 Å². The van der Waals surface area contributed by atoms with Crippen LogP contribution in [0.15, 0.2) is 71.5 Å². The molecule has 0 spiro atoms. The standard InChI is InChI=1S/C20H15FN4O2/c21-17-10-13(12-24-20(17)26-15-5-2-1-3-6-15)9-14-11-18(27-25-14)16-7-4-8-23-19(16)22/h1-8,10-12H,9H2,(H2,22,23). The monoisotopic (exact) mass is 362 g/mol. The molecule has 1 aromatic carbocycles. The molecule has 0 saturated carbocycles. The van der Waals surface area contributed by atoms with E-state index in [-0.39, 0.29) is 5.88 Å². The highest BCUT2D eigenvalue weighted by molar-refractivity contribution is 5.69. The van der Waals surface area contributed by atoms with Gasteiger partial charge in [0.05, 0.1) is 11.3 Å². The summed E-state index contributed by atoms with van der Waals surface area (Å²) in [6.07, 6.45) is 3.51. The molecule has 0 aliphatic heterocycles. The van der Waals surface area contributed by atoms with Gasteiger partial charge >= 0.3 is 0 Å². The summed E-state index contributed by atoms with van der Waals surface area (Å²) in [5, 5.41) is 4.01. The first-order valence-electron chi connectivity index (χ1n) is 8.23. The minimum Gasteiger partial charge on any atom is -0.436 e. The number of rotatable bonds is 5. The summed E-state index contributed by atoms with van der Waals surface area (Å²) in [7, 11) is 0. The van der Waals surface area contributed by atoms with Gasteiger partial charge in [0.25, 0.3) is 5.88 Å². The molecule has 7 heteroatoms. The Bertz CT molecular complexity index is 1070. The van der Waals surface area contributed by atoms with E-state index in [9.17, 15) is 4.39 Å². The smallest absolute Gasteiger partial charge is 0.255 e. The number of nitrogens with two attached hydrogens (primary N) is 1. The Hall–Kier alpha value is -3.74. The normalized spacial score (nSPS) is 10.7. The van der Waals surface area contributed by atoms with Gasteiger partial charge in [-0.2, -0.15) is 0 Å². The molecule has 2 N–H and O–H groups in total. The van der Waals surface area contributed by atoms with Crippen LogP contribution in [0.4, 0.5) is 10.2 Å². The van der Waals surface area contributed by atoms with Gasteiger partial charge in [0, 0.05) is 24.9 Å². The van der Waals surface area contributed by atoms with Crippen molar-refractivity contribution in [3.05, 3.63) is 84.1 Å². The average molecular weight is 362 g/mol. The Morgan fingerprint density at radius 3 is 2.67 bits per heavy atom. The number of ether oxygens (including phenoxy) is 1. The molecule has 0 atom stereocenters. The van der Waals surface area contributed by atoms with Crippen molar-refractivity contribution in [1.82, 2.24) is 15.1 Å². The van der Waals surface area contributed by atoms with Crippen LogP contribution in [0.25, 0.3) is 11.3 Å². The quantitative estimate of drug-likeness (QED) is 0.571. The molecule has 0 bridgehead atoms. The van der Waals surface area contributed by atoms with Gasteiger partial charge in [-0.25, -0.2) is 14.4 Å². The number of pyridine rings is 2. The van der Waals surface area contributed by atoms with Crippen LogP contribution in [0.2, 0.25) is 0 Å². The second-order valence-corrected chi connectivity index (χ2v) is 5.84. The van der Waals surface area contributed by atoms with E-state index in [0.717, 1.165) is 0 Å². The van der Waals surface area contributed by atoms with Crippen molar-refractivity contribution in [2.24, 2.45) is 0 Å². The van der Waals surface area contributed by atoms with E-state index in [1.165, 1.54) is 6.07 Å². The second-order valence-electron chi connectivity index (χ2n) is 5.84. The lowest BCUT2D eigenvalue weighted by Gasteiger charge is -2.06. The number of benzene rings is 1. The van der Waals surface area contributed by atoms with Crippen LogP contribution in [0.1, 0.15) is 11.3 Å². The topological polar surface area (TPSA) is 87.1 Å². The van der Waals surface area contributed by atoms with E-state index in [1.807, 2.05) is 6.07 Å². The third kappa shape index (κ3) is 3.77.